The van der Waals surface area contributed by atoms with E-state index in [0.717, 1.165) is 0 Å². The van der Waals surface area contributed by atoms with Crippen molar-refractivity contribution in [3.63, 3.8) is 0 Å². The average Bonchev–Trinajstić information content (AvgIpc) is 2.42. The Bertz CT molecular complexity index is 622. The van der Waals surface area contributed by atoms with Gasteiger partial charge in [0.15, 0.2) is 0 Å². The van der Waals surface area contributed by atoms with Crippen molar-refractivity contribution in [3.05, 3.63) is 58.1 Å². The van der Waals surface area contributed by atoms with Gasteiger partial charge in [0.05, 0.1) is 16.8 Å². The Labute approximate surface area is 131 Å². The highest BCUT2D eigenvalue weighted by molar-refractivity contribution is 6.36. The first kappa shape index (κ1) is 15.9. The van der Waals surface area contributed by atoms with Gasteiger partial charge < -0.3 is 10.1 Å². The maximum absolute atomic E-state index is 12.4. The lowest BCUT2D eigenvalue weighted by Crippen LogP contribution is -2.11. The van der Waals surface area contributed by atoms with Crippen LogP contribution in [0.4, 0.5) is 14.5 Å². The molecule has 0 aromatic heterocycles. The number of hydrogen-bond acceptors (Lipinski definition) is 2. The minimum Gasteiger partial charge on any atom is -0.434 e. The van der Waals surface area contributed by atoms with Crippen LogP contribution in [0.3, 0.4) is 0 Å². The first-order chi connectivity index (χ1) is 9.97. The predicted molar refractivity (Wildman–Crippen MR) is 81.6 cm³/mol. The zero-order valence-electron chi connectivity index (χ0n) is 11.1. The van der Waals surface area contributed by atoms with Crippen molar-refractivity contribution in [2.45, 2.75) is 19.6 Å². The van der Waals surface area contributed by atoms with Crippen LogP contribution in [0.5, 0.6) is 5.75 Å². The Balaban J connectivity index is 2.22. The molecule has 0 saturated carbocycles. The molecule has 0 spiro atoms. The Morgan fingerprint density at radius 2 is 1.81 bits per heavy atom. The molecule has 6 heteroatoms. The molecule has 0 amide bonds. The number of anilines is 1. The Hall–Kier alpha value is -1.52. The molecule has 0 fully saturated rings. The molecule has 0 aliphatic carbocycles. The molecule has 0 saturated heterocycles. The van der Waals surface area contributed by atoms with E-state index >= 15 is 0 Å². The first-order valence-corrected chi connectivity index (χ1v) is 6.98. The van der Waals surface area contributed by atoms with Gasteiger partial charge in [0.1, 0.15) is 5.75 Å². The Morgan fingerprint density at radius 1 is 1.10 bits per heavy atom. The van der Waals surface area contributed by atoms with Crippen LogP contribution in [0.15, 0.2) is 42.5 Å². The highest BCUT2D eigenvalue weighted by Crippen LogP contribution is 2.32. The fraction of sp³-hybridized carbons (Fsp3) is 0.200. The average molecular weight is 332 g/mol. The van der Waals surface area contributed by atoms with Crippen LogP contribution in [-0.2, 0) is 0 Å². The molecule has 2 nitrogen and oxygen atoms in total. The first-order valence-electron chi connectivity index (χ1n) is 6.22. The largest absolute Gasteiger partial charge is 0.434 e. The summed E-state index contributed by atoms with van der Waals surface area (Å²) in [5, 5.41) is 4.14. The molecule has 1 atom stereocenters. The van der Waals surface area contributed by atoms with Crippen LogP contribution in [0.2, 0.25) is 10.0 Å². The monoisotopic (exact) mass is 331 g/mol. The van der Waals surface area contributed by atoms with Gasteiger partial charge in [-0.15, -0.1) is 0 Å². The highest BCUT2D eigenvalue weighted by Gasteiger charge is 2.15. The highest BCUT2D eigenvalue weighted by atomic mass is 35.5. The Kier molecular flexibility index (Phi) is 5.26. The summed E-state index contributed by atoms with van der Waals surface area (Å²) in [5.41, 5.74) is 1.28. The van der Waals surface area contributed by atoms with E-state index in [1.807, 2.05) is 6.92 Å². The number of rotatable bonds is 5. The molecule has 2 aromatic carbocycles. The van der Waals surface area contributed by atoms with Crippen molar-refractivity contribution >= 4 is 28.9 Å². The van der Waals surface area contributed by atoms with Gasteiger partial charge in [-0.1, -0.05) is 41.4 Å². The van der Waals surface area contributed by atoms with Crippen molar-refractivity contribution in [1.82, 2.24) is 0 Å². The van der Waals surface area contributed by atoms with Crippen LogP contribution in [0.1, 0.15) is 18.5 Å². The fourth-order valence-corrected chi connectivity index (χ4v) is 2.42. The number of alkyl halides is 2. The number of ether oxygens (including phenoxy) is 1. The molecule has 2 aromatic rings. The summed E-state index contributed by atoms with van der Waals surface area (Å²) >= 11 is 11.9. The summed E-state index contributed by atoms with van der Waals surface area (Å²) in [6, 6.07) is 11.4. The third-order valence-corrected chi connectivity index (χ3v) is 3.45. The van der Waals surface area contributed by atoms with E-state index in [2.05, 4.69) is 10.1 Å². The smallest absolute Gasteiger partial charge is 0.387 e. The molecule has 112 valence electrons. The van der Waals surface area contributed by atoms with Gasteiger partial charge in [-0.3, -0.25) is 0 Å². The number of benzene rings is 2. The molecule has 0 heterocycles. The van der Waals surface area contributed by atoms with E-state index < -0.39 is 6.61 Å². The van der Waals surface area contributed by atoms with E-state index in [4.69, 9.17) is 23.2 Å². The molecular weight excluding hydrogens is 319 g/mol. The van der Waals surface area contributed by atoms with E-state index in [0.29, 0.717) is 21.3 Å². The number of hydrogen-bond donors (Lipinski definition) is 1. The SMILES string of the molecule is CC(Nc1ccc(Cl)cc1Cl)c1ccccc1OC(F)F. The number of nitrogens with one attached hydrogen (secondary N) is 1. The third-order valence-electron chi connectivity index (χ3n) is 2.90. The molecular formula is C15H13Cl2F2NO. The summed E-state index contributed by atoms with van der Waals surface area (Å²) in [7, 11) is 0. The van der Waals surface area contributed by atoms with E-state index in [1.54, 1.807) is 36.4 Å². The quantitative estimate of drug-likeness (QED) is 0.751. The predicted octanol–water partition coefficient (Wildman–Crippen LogP) is 5.77. The lowest BCUT2D eigenvalue weighted by molar-refractivity contribution is -0.0505. The maximum Gasteiger partial charge on any atom is 0.387 e. The molecule has 21 heavy (non-hydrogen) atoms. The van der Waals surface area contributed by atoms with Gasteiger partial charge in [-0.25, -0.2) is 0 Å². The molecule has 0 aliphatic rings. The number of para-hydroxylation sites is 1. The maximum atomic E-state index is 12.4. The van der Waals surface area contributed by atoms with Crippen molar-refractivity contribution in [2.75, 3.05) is 5.32 Å². The van der Waals surface area contributed by atoms with Gasteiger partial charge >= 0.3 is 6.61 Å². The zero-order chi connectivity index (χ0) is 15.4. The lowest BCUT2D eigenvalue weighted by Gasteiger charge is -2.19. The number of halogens is 4. The van der Waals surface area contributed by atoms with Crippen LogP contribution < -0.4 is 10.1 Å². The normalized spacial score (nSPS) is 12.3. The van der Waals surface area contributed by atoms with Crippen LogP contribution in [0, 0.1) is 0 Å². The summed E-state index contributed by atoms with van der Waals surface area (Å²) in [6.07, 6.45) is 0. The standard InChI is InChI=1S/C15H13Cl2F2NO/c1-9(20-13-7-6-10(16)8-12(13)17)11-4-2-3-5-14(11)21-15(18)19/h2-9,15,20H,1H3. The van der Waals surface area contributed by atoms with E-state index in [9.17, 15) is 8.78 Å². The second kappa shape index (κ2) is 6.96. The summed E-state index contributed by atoms with van der Waals surface area (Å²) < 4.78 is 29.4. The van der Waals surface area contributed by atoms with Crippen LogP contribution >= 0.6 is 23.2 Å². The van der Waals surface area contributed by atoms with Gasteiger partial charge in [-0.05, 0) is 31.2 Å². The lowest BCUT2D eigenvalue weighted by atomic mass is 10.1. The van der Waals surface area contributed by atoms with Crippen molar-refractivity contribution in [1.29, 1.82) is 0 Å². The third kappa shape index (κ3) is 4.22. The minimum absolute atomic E-state index is 0.137. The van der Waals surface area contributed by atoms with Crippen LogP contribution in [0.25, 0.3) is 0 Å². The second-order valence-electron chi connectivity index (χ2n) is 4.41. The minimum atomic E-state index is -2.86. The fourth-order valence-electron chi connectivity index (χ4n) is 1.96. The van der Waals surface area contributed by atoms with Gasteiger partial charge in [-0.2, -0.15) is 8.78 Å². The Morgan fingerprint density at radius 3 is 2.48 bits per heavy atom. The topological polar surface area (TPSA) is 21.3 Å². The van der Waals surface area contributed by atoms with Crippen LogP contribution in [-0.4, -0.2) is 6.61 Å². The second-order valence-corrected chi connectivity index (χ2v) is 5.25. The van der Waals surface area contributed by atoms with E-state index in [-0.39, 0.29) is 11.8 Å². The summed E-state index contributed by atoms with van der Waals surface area (Å²) in [6.45, 7) is -1.03. The molecule has 0 radical (unpaired) electrons. The molecule has 1 N–H and O–H groups in total. The molecule has 0 aliphatic heterocycles. The van der Waals surface area contributed by atoms with Gasteiger partial charge in [0.2, 0.25) is 0 Å². The van der Waals surface area contributed by atoms with Crippen molar-refractivity contribution < 1.29 is 13.5 Å². The summed E-state index contributed by atoms with van der Waals surface area (Å²) in [4.78, 5) is 0. The zero-order valence-corrected chi connectivity index (χ0v) is 12.6. The van der Waals surface area contributed by atoms with Crippen molar-refractivity contribution in [3.8, 4) is 5.75 Å². The summed E-state index contributed by atoms with van der Waals surface area (Å²) in [5.74, 6) is 0.137. The van der Waals surface area contributed by atoms with Crippen molar-refractivity contribution in [2.24, 2.45) is 0 Å². The van der Waals surface area contributed by atoms with E-state index in [1.165, 1.54) is 6.07 Å². The molecule has 2 rings (SSSR count). The molecule has 1 unspecified atom stereocenters. The van der Waals surface area contributed by atoms with Gasteiger partial charge in [0.25, 0.3) is 0 Å². The van der Waals surface area contributed by atoms with Gasteiger partial charge in [0, 0.05) is 10.6 Å². The molecule has 0 bridgehead atoms.